The van der Waals surface area contributed by atoms with E-state index in [2.05, 4.69) is 20.9 Å². The van der Waals surface area contributed by atoms with E-state index < -0.39 is 10.0 Å². The second-order valence-corrected chi connectivity index (χ2v) is 9.87. The van der Waals surface area contributed by atoms with Gasteiger partial charge in [0.2, 0.25) is 10.0 Å². The molecule has 0 spiro atoms. The van der Waals surface area contributed by atoms with Crippen LogP contribution >= 0.6 is 27.5 Å². The molecule has 1 aliphatic rings. The molecule has 2 aromatic carbocycles. The lowest BCUT2D eigenvalue weighted by molar-refractivity contribution is 0.293. The van der Waals surface area contributed by atoms with Crippen molar-refractivity contribution in [3.8, 4) is 5.75 Å². The lowest BCUT2D eigenvalue weighted by Gasteiger charge is -2.29. The highest BCUT2D eigenvalue weighted by atomic mass is 79.9. The van der Waals surface area contributed by atoms with Gasteiger partial charge in [-0.05, 0) is 65.2 Å². The van der Waals surface area contributed by atoms with E-state index in [9.17, 15) is 8.42 Å². The summed E-state index contributed by atoms with van der Waals surface area (Å²) >= 11 is 9.35. The molecule has 1 aliphatic heterocycles. The molecule has 4 rings (SSSR count). The number of hydrogen-bond donors (Lipinski definition) is 0. The number of rotatable bonds is 4. The molecule has 0 saturated carbocycles. The first kappa shape index (κ1) is 19.7. The Morgan fingerprint density at radius 2 is 1.96 bits per heavy atom. The van der Waals surface area contributed by atoms with E-state index in [0.29, 0.717) is 52.6 Å². The van der Waals surface area contributed by atoms with Crippen molar-refractivity contribution in [3.63, 3.8) is 0 Å². The predicted octanol–water partition coefficient (Wildman–Crippen LogP) is 4.82. The van der Waals surface area contributed by atoms with E-state index in [4.69, 9.17) is 20.8 Å². The van der Waals surface area contributed by atoms with E-state index in [-0.39, 0.29) is 10.8 Å². The number of fused-ring (bicyclic) bond motifs is 1. The third-order valence-corrected chi connectivity index (χ3v) is 7.68. The van der Waals surface area contributed by atoms with Crippen LogP contribution in [-0.4, -0.2) is 37.9 Å². The van der Waals surface area contributed by atoms with Gasteiger partial charge in [-0.2, -0.15) is 4.31 Å². The molecule has 28 heavy (non-hydrogen) atoms. The van der Waals surface area contributed by atoms with Gasteiger partial charge < -0.3 is 9.15 Å². The van der Waals surface area contributed by atoms with E-state index in [1.54, 1.807) is 43.5 Å². The molecule has 0 amide bonds. The van der Waals surface area contributed by atoms with Crippen LogP contribution in [0.25, 0.3) is 11.1 Å². The van der Waals surface area contributed by atoms with Crippen molar-refractivity contribution in [1.82, 2.24) is 9.29 Å². The summed E-state index contributed by atoms with van der Waals surface area (Å²) in [4.78, 5) is 4.78. The van der Waals surface area contributed by atoms with Crippen LogP contribution in [0.15, 0.2) is 50.2 Å². The Kier molecular flexibility index (Phi) is 5.39. The lowest BCUT2D eigenvalue weighted by atomic mass is 9.98. The van der Waals surface area contributed by atoms with Crippen LogP contribution < -0.4 is 4.74 Å². The summed E-state index contributed by atoms with van der Waals surface area (Å²) in [5.41, 5.74) is 1.41. The van der Waals surface area contributed by atoms with Gasteiger partial charge in [0, 0.05) is 24.0 Å². The Bertz CT molecular complexity index is 1120. The summed E-state index contributed by atoms with van der Waals surface area (Å²) in [6.45, 7) is 0.826. The molecule has 9 heteroatoms. The van der Waals surface area contributed by atoms with E-state index >= 15 is 0 Å². The molecular formula is C19H18BrClN2O4S. The molecule has 2 heterocycles. The first-order valence-electron chi connectivity index (χ1n) is 8.78. The van der Waals surface area contributed by atoms with Gasteiger partial charge in [-0.3, -0.25) is 0 Å². The normalized spacial score (nSPS) is 16.5. The maximum Gasteiger partial charge on any atom is 0.243 e. The van der Waals surface area contributed by atoms with Crippen molar-refractivity contribution < 1.29 is 17.6 Å². The molecule has 0 radical (unpaired) electrons. The van der Waals surface area contributed by atoms with Gasteiger partial charge in [0.1, 0.15) is 11.3 Å². The second kappa shape index (κ2) is 7.67. The fourth-order valence-electron chi connectivity index (χ4n) is 3.39. The maximum absolute atomic E-state index is 13.0. The molecule has 0 N–H and O–H groups in total. The van der Waals surface area contributed by atoms with Crippen molar-refractivity contribution in [2.24, 2.45) is 0 Å². The highest BCUT2D eigenvalue weighted by Crippen LogP contribution is 2.34. The lowest BCUT2D eigenvalue weighted by Crippen LogP contribution is -2.37. The summed E-state index contributed by atoms with van der Waals surface area (Å²) in [5.74, 6) is 1.32. The topological polar surface area (TPSA) is 72.6 Å². The molecule has 3 aromatic rings. The fourth-order valence-corrected chi connectivity index (χ4v) is 5.75. The highest BCUT2D eigenvalue weighted by Gasteiger charge is 2.32. The molecule has 0 atom stereocenters. The minimum absolute atomic E-state index is 0.0835. The summed E-state index contributed by atoms with van der Waals surface area (Å²) in [5, 5.41) is 0.610. The smallest absolute Gasteiger partial charge is 0.243 e. The summed E-state index contributed by atoms with van der Waals surface area (Å²) < 4.78 is 39.1. The third-order valence-electron chi connectivity index (χ3n) is 4.93. The van der Waals surface area contributed by atoms with E-state index in [1.165, 1.54) is 4.31 Å². The van der Waals surface area contributed by atoms with Crippen LogP contribution in [0, 0.1) is 0 Å². The number of aromatic nitrogens is 1. The average molecular weight is 486 g/mol. The molecule has 6 nitrogen and oxygen atoms in total. The van der Waals surface area contributed by atoms with Gasteiger partial charge in [-0.15, -0.1) is 0 Å². The van der Waals surface area contributed by atoms with Crippen molar-refractivity contribution in [3.05, 3.63) is 51.8 Å². The molecule has 148 valence electrons. The highest BCUT2D eigenvalue weighted by molar-refractivity contribution is 9.10. The first-order chi connectivity index (χ1) is 13.4. The zero-order valence-corrected chi connectivity index (χ0v) is 18.2. The Morgan fingerprint density at radius 3 is 2.64 bits per heavy atom. The van der Waals surface area contributed by atoms with Crippen LogP contribution in [-0.2, 0) is 10.0 Å². The third kappa shape index (κ3) is 3.66. The van der Waals surface area contributed by atoms with Crippen molar-refractivity contribution in [1.29, 1.82) is 0 Å². The fraction of sp³-hybridized carbons (Fsp3) is 0.316. The number of piperidine rings is 1. The van der Waals surface area contributed by atoms with Crippen LogP contribution in [0.4, 0.5) is 0 Å². The monoisotopic (exact) mass is 484 g/mol. The van der Waals surface area contributed by atoms with E-state index in [0.717, 1.165) is 5.52 Å². The molecule has 1 fully saturated rings. The number of nitrogens with zero attached hydrogens (tertiary/aromatic N) is 2. The number of halogens is 2. The average Bonchev–Trinajstić information content (AvgIpc) is 3.11. The van der Waals surface area contributed by atoms with Gasteiger partial charge >= 0.3 is 0 Å². The number of oxazole rings is 1. The van der Waals surface area contributed by atoms with Crippen LogP contribution in [0.2, 0.25) is 5.02 Å². The number of benzene rings is 2. The van der Waals surface area contributed by atoms with E-state index in [1.807, 2.05) is 0 Å². The van der Waals surface area contributed by atoms with Crippen LogP contribution in [0.5, 0.6) is 5.75 Å². The zero-order chi connectivity index (χ0) is 19.9. The van der Waals surface area contributed by atoms with Gasteiger partial charge in [-0.25, -0.2) is 13.4 Å². The Labute approximate surface area is 176 Å². The van der Waals surface area contributed by atoms with Gasteiger partial charge in [0.05, 0.1) is 16.5 Å². The SMILES string of the molecule is COc1ccc(S(=O)(=O)N2CCC(c3nc4cc(Cl)ccc4o3)CC2)cc1Br. The largest absolute Gasteiger partial charge is 0.496 e. The predicted molar refractivity (Wildman–Crippen MR) is 110 cm³/mol. The van der Waals surface area contributed by atoms with Gasteiger partial charge in [0.25, 0.3) is 0 Å². The minimum Gasteiger partial charge on any atom is -0.496 e. The molecule has 1 aromatic heterocycles. The minimum atomic E-state index is -3.57. The van der Waals surface area contributed by atoms with Crippen molar-refractivity contribution >= 4 is 48.7 Å². The van der Waals surface area contributed by atoms with Crippen molar-refractivity contribution in [2.45, 2.75) is 23.7 Å². The van der Waals surface area contributed by atoms with Crippen molar-refractivity contribution in [2.75, 3.05) is 20.2 Å². The first-order valence-corrected chi connectivity index (χ1v) is 11.4. The summed E-state index contributed by atoms with van der Waals surface area (Å²) in [7, 11) is -2.03. The van der Waals surface area contributed by atoms with Crippen LogP contribution in [0.3, 0.4) is 0 Å². The summed E-state index contributed by atoms with van der Waals surface area (Å²) in [6, 6.07) is 10.1. The maximum atomic E-state index is 13.0. The number of ether oxygens (including phenoxy) is 1. The molecule has 0 unspecified atom stereocenters. The van der Waals surface area contributed by atoms with Gasteiger partial charge in [0.15, 0.2) is 11.5 Å². The molecule has 0 bridgehead atoms. The molecule has 1 saturated heterocycles. The number of hydrogen-bond acceptors (Lipinski definition) is 5. The number of methoxy groups -OCH3 is 1. The molecular weight excluding hydrogens is 468 g/mol. The zero-order valence-electron chi connectivity index (χ0n) is 15.1. The number of sulfonamides is 1. The summed E-state index contributed by atoms with van der Waals surface area (Å²) in [6.07, 6.45) is 1.30. The molecule has 0 aliphatic carbocycles. The van der Waals surface area contributed by atoms with Crippen LogP contribution in [0.1, 0.15) is 24.7 Å². The Hall–Kier alpha value is -1.61. The Morgan fingerprint density at radius 1 is 1.21 bits per heavy atom. The standard InChI is InChI=1S/C19H18BrClN2O4S/c1-26-17-5-3-14(11-15(17)20)28(24,25)23-8-6-12(7-9-23)19-22-16-10-13(21)2-4-18(16)27-19/h2-5,10-12H,6-9H2,1H3. The second-order valence-electron chi connectivity index (χ2n) is 6.64. The Balaban J connectivity index is 1.50. The quantitative estimate of drug-likeness (QED) is 0.530. The van der Waals surface area contributed by atoms with Gasteiger partial charge in [-0.1, -0.05) is 11.6 Å².